The van der Waals surface area contributed by atoms with Crippen molar-refractivity contribution in [3.05, 3.63) is 36.5 Å². The molecule has 0 fully saturated rings. The van der Waals surface area contributed by atoms with Gasteiger partial charge in [-0.25, -0.2) is 9.59 Å². The summed E-state index contributed by atoms with van der Waals surface area (Å²) >= 11 is 0. The van der Waals surface area contributed by atoms with Crippen LogP contribution in [-0.4, -0.2) is 31.9 Å². The largest absolute Gasteiger partial charge is 0.465 e. The maximum Gasteiger partial charge on any atom is 0.345 e. The van der Waals surface area contributed by atoms with Crippen LogP contribution in [0.5, 0.6) is 0 Å². The van der Waals surface area contributed by atoms with Crippen LogP contribution in [0.3, 0.4) is 0 Å². The first-order chi connectivity index (χ1) is 7.56. The molecule has 0 radical (unpaired) electrons. The summed E-state index contributed by atoms with van der Waals surface area (Å²) in [4.78, 5) is 33.1. The molecular weight excluding hydrogens is 212 g/mol. The Balaban J connectivity index is 4.90. The predicted molar refractivity (Wildman–Crippen MR) is 56.5 cm³/mol. The van der Waals surface area contributed by atoms with E-state index in [1.54, 1.807) is 0 Å². The highest BCUT2D eigenvalue weighted by atomic mass is 16.5. The van der Waals surface area contributed by atoms with Crippen LogP contribution in [0.4, 0.5) is 0 Å². The zero-order valence-electron chi connectivity index (χ0n) is 9.06. The first-order valence-electron chi connectivity index (χ1n) is 4.28. The molecule has 0 aromatic rings. The van der Waals surface area contributed by atoms with Crippen LogP contribution in [0.25, 0.3) is 0 Å². The molecule has 0 aromatic carbocycles. The number of methoxy groups -OCH3 is 2. The fourth-order valence-electron chi connectivity index (χ4n) is 0.747. The molecule has 16 heavy (non-hydrogen) atoms. The van der Waals surface area contributed by atoms with E-state index in [4.69, 9.17) is 0 Å². The van der Waals surface area contributed by atoms with E-state index in [2.05, 4.69) is 16.1 Å². The van der Waals surface area contributed by atoms with Gasteiger partial charge < -0.3 is 9.47 Å². The maximum absolute atomic E-state index is 11.1. The Labute approximate surface area is 93.0 Å². The molecule has 0 bridgehead atoms. The molecule has 5 heteroatoms. The van der Waals surface area contributed by atoms with Crippen LogP contribution in [-0.2, 0) is 23.9 Å². The van der Waals surface area contributed by atoms with Gasteiger partial charge in [-0.05, 0) is 18.2 Å². The normalized spacial score (nSPS) is 9.38. The van der Waals surface area contributed by atoms with Crippen LogP contribution < -0.4 is 0 Å². The van der Waals surface area contributed by atoms with Crippen molar-refractivity contribution in [2.75, 3.05) is 14.2 Å². The molecule has 0 aliphatic heterocycles. The van der Waals surface area contributed by atoms with E-state index in [1.165, 1.54) is 6.08 Å². The van der Waals surface area contributed by atoms with Crippen molar-refractivity contribution in [1.82, 2.24) is 0 Å². The Morgan fingerprint density at radius 3 is 1.94 bits per heavy atom. The van der Waals surface area contributed by atoms with Crippen molar-refractivity contribution in [3.8, 4) is 0 Å². The molecule has 0 aromatic heterocycles. The first-order valence-corrected chi connectivity index (χ1v) is 4.28. The summed E-state index contributed by atoms with van der Waals surface area (Å²) < 4.78 is 8.74. The molecule has 0 aliphatic carbocycles. The molecule has 0 rings (SSSR count). The van der Waals surface area contributed by atoms with Crippen molar-refractivity contribution < 1.29 is 23.9 Å². The van der Waals surface area contributed by atoms with E-state index in [-0.39, 0.29) is 11.4 Å². The number of carbonyl (C=O) groups excluding carboxylic acids is 3. The Hall–Kier alpha value is -2.17. The molecule has 0 saturated heterocycles. The van der Waals surface area contributed by atoms with E-state index in [1.807, 2.05) is 0 Å². The van der Waals surface area contributed by atoms with Gasteiger partial charge in [0.1, 0.15) is 5.57 Å². The predicted octanol–water partition coefficient (Wildman–Crippen LogP) is 0.570. The maximum atomic E-state index is 11.1. The summed E-state index contributed by atoms with van der Waals surface area (Å²) in [6.45, 7) is 3.26. The fourth-order valence-corrected chi connectivity index (χ4v) is 0.747. The second-order valence-electron chi connectivity index (χ2n) is 2.53. The fraction of sp³-hybridized carbons (Fsp3) is 0.182. The van der Waals surface area contributed by atoms with E-state index in [0.29, 0.717) is 0 Å². The minimum Gasteiger partial charge on any atom is -0.465 e. The lowest BCUT2D eigenvalue weighted by Gasteiger charge is -2.01. The molecule has 0 atom stereocenters. The zero-order valence-corrected chi connectivity index (χ0v) is 9.06. The summed E-state index contributed by atoms with van der Waals surface area (Å²) in [6, 6.07) is 0. The molecule has 0 aliphatic rings. The number of hydrogen-bond donors (Lipinski definition) is 0. The van der Waals surface area contributed by atoms with Gasteiger partial charge in [0.2, 0.25) is 0 Å². The molecule has 86 valence electrons. The van der Waals surface area contributed by atoms with E-state index in [9.17, 15) is 14.4 Å². The summed E-state index contributed by atoms with van der Waals surface area (Å²) in [5.74, 6) is -2.00. The Bertz CT molecular complexity index is 345. The van der Waals surface area contributed by atoms with Gasteiger partial charge in [-0.15, -0.1) is 0 Å². The summed E-state index contributed by atoms with van der Waals surface area (Å²) in [5.41, 5.74) is -0.293. The molecule has 0 amide bonds. The third-order valence-electron chi connectivity index (χ3n) is 1.54. The molecular formula is C11H12O5. The van der Waals surface area contributed by atoms with Crippen molar-refractivity contribution in [2.24, 2.45) is 0 Å². The number of esters is 2. The number of ketones is 1. The number of ether oxygens (including phenoxy) is 2. The zero-order chi connectivity index (χ0) is 12.6. The lowest BCUT2D eigenvalue weighted by Crippen LogP contribution is -2.15. The van der Waals surface area contributed by atoms with Gasteiger partial charge in [0.25, 0.3) is 0 Å². The van der Waals surface area contributed by atoms with Gasteiger partial charge >= 0.3 is 11.9 Å². The highest BCUT2D eigenvalue weighted by Crippen LogP contribution is 2.01. The van der Waals surface area contributed by atoms with Gasteiger partial charge in [-0.2, -0.15) is 0 Å². The van der Waals surface area contributed by atoms with Gasteiger partial charge in [0.15, 0.2) is 5.78 Å². The number of rotatable bonds is 5. The second-order valence-corrected chi connectivity index (χ2v) is 2.53. The molecule has 0 unspecified atom stereocenters. The van der Waals surface area contributed by atoms with E-state index in [0.717, 1.165) is 32.4 Å². The number of allylic oxidation sites excluding steroid dienone is 4. The molecule has 0 N–H and O–H groups in total. The van der Waals surface area contributed by atoms with Gasteiger partial charge in [0.05, 0.1) is 14.2 Å². The van der Waals surface area contributed by atoms with Crippen molar-refractivity contribution in [2.45, 2.75) is 0 Å². The molecule has 0 saturated carbocycles. The molecule has 5 nitrogen and oxygen atoms in total. The third-order valence-corrected chi connectivity index (χ3v) is 1.54. The van der Waals surface area contributed by atoms with Gasteiger partial charge in [-0.3, -0.25) is 4.79 Å². The molecule has 0 heterocycles. The van der Waals surface area contributed by atoms with Crippen LogP contribution in [0.2, 0.25) is 0 Å². The number of hydrogen-bond acceptors (Lipinski definition) is 5. The van der Waals surface area contributed by atoms with Crippen LogP contribution in [0.15, 0.2) is 36.5 Å². The number of carbonyl (C=O) groups is 3. The van der Waals surface area contributed by atoms with Crippen LogP contribution >= 0.6 is 0 Å². The van der Waals surface area contributed by atoms with Crippen molar-refractivity contribution >= 4 is 17.7 Å². The summed E-state index contributed by atoms with van der Waals surface area (Å²) in [7, 11) is 2.27. The lowest BCUT2D eigenvalue weighted by molar-refractivity contribution is -0.144. The molecule has 0 spiro atoms. The SMILES string of the molecule is C=CC(=O)/C=C/C=C(C(=O)OC)C(=O)OC. The van der Waals surface area contributed by atoms with Gasteiger partial charge in [-0.1, -0.05) is 12.7 Å². The van der Waals surface area contributed by atoms with Crippen molar-refractivity contribution in [1.29, 1.82) is 0 Å². The third kappa shape index (κ3) is 4.36. The van der Waals surface area contributed by atoms with Crippen molar-refractivity contribution in [3.63, 3.8) is 0 Å². The smallest absolute Gasteiger partial charge is 0.345 e. The summed E-state index contributed by atoms with van der Waals surface area (Å²) in [6.07, 6.45) is 4.63. The average molecular weight is 224 g/mol. The summed E-state index contributed by atoms with van der Waals surface area (Å²) in [5, 5.41) is 0. The quantitative estimate of drug-likeness (QED) is 0.224. The van der Waals surface area contributed by atoms with E-state index < -0.39 is 11.9 Å². The standard InChI is InChI=1S/C11H12O5/c1-4-8(12)6-5-7-9(10(13)15-2)11(14)16-3/h4-7H,1H2,2-3H3/b6-5+. The monoisotopic (exact) mass is 224 g/mol. The Morgan fingerprint density at radius 2 is 1.56 bits per heavy atom. The lowest BCUT2D eigenvalue weighted by atomic mass is 10.2. The van der Waals surface area contributed by atoms with E-state index >= 15 is 0 Å². The van der Waals surface area contributed by atoms with Gasteiger partial charge in [0, 0.05) is 0 Å². The van der Waals surface area contributed by atoms with Crippen LogP contribution in [0.1, 0.15) is 0 Å². The minimum absolute atomic E-state index is 0.293. The Morgan fingerprint density at radius 1 is 1.06 bits per heavy atom. The average Bonchev–Trinajstić information content (AvgIpc) is 2.32. The first kappa shape index (κ1) is 13.8. The Kier molecular flexibility index (Phi) is 6.19. The topological polar surface area (TPSA) is 69.7 Å². The highest BCUT2D eigenvalue weighted by Gasteiger charge is 2.18. The highest BCUT2D eigenvalue weighted by molar-refractivity contribution is 6.14. The minimum atomic E-state index is -0.831. The second kappa shape index (κ2) is 7.17. The van der Waals surface area contributed by atoms with Crippen LogP contribution in [0, 0.1) is 0 Å².